The lowest BCUT2D eigenvalue weighted by atomic mass is 9.85. The number of carboxylic acid groups (broad SMARTS) is 1. The molecule has 1 fully saturated rings. The third-order valence-corrected chi connectivity index (χ3v) is 6.95. The normalized spacial score (nSPS) is 23.7. The van der Waals surface area contributed by atoms with E-state index in [1.54, 1.807) is 13.0 Å². The first-order chi connectivity index (χ1) is 16.0. The van der Waals surface area contributed by atoms with Gasteiger partial charge in [0, 0.05) is 12.8 Å². The number of aryl methyl sites for hydroxylation is 1. The summed E-state index contributed by atoms with van der Waals surface area (Å²) in [7, 11) is 0. The molecule has 1 saturated carbocycles. The Labute approximate surface area is 199 Å². The largest absolute Gasteiger partial charge is 0.512 e. The van der Waals surface area contributed by atoms with E-state index in [2.05, 4.69) is 0 Å². The lowest BCUT2D eigenvalue weighted by Crippen LogP contribution is -2.22. The van der Waals surface area contributed by atoms with Gasteiger partial charge in [-0.2, -0.15) is 13.2 Å². The highest BCUT2D eigenvalue weighted by Gasteiger charge is 2.40. The van der Waals surface area contributed by atoms with Gasteiger partial charge in [-0.25, -0.2) is 0 Å². The zero-order valence-electron chi connectivity index (χ0n) is 19.7. The van der Waals surface area contributed by atoms with E-state index in [9.17, 15) is 33.3 Å². The number of carboxylic acids is 1. The van der Waals surface area contributed by atoms with Crippen molar-refractivity contribution in [2.75, 3.05) is 0 Å². The van der Waals surface area contributed by atoms with Crippen LogP contribution in [0.5, 0.6) is 0 Å². The van der Waals surface area contributed by atoms with Crippen molar-refractivity contribution in [2.24, 2.45) is 11.8 Å². The molecule has 0 radical (unpaired) electrons. The van der Waals surface area contributed by atoms with Crippen molar-refractivity contribution in [2.45, 2.75) is 95.9 Å². The van der Waals surface area contributed by atoms with Crippen LogP contribution in [0.3, 0.4) is 0 Å². The summed E-state index contributed by atoms with van der Waals surface area (Å²) in [6, 6.07) is 5.20. The highest BCUT2D eigenvalue weighted by atomic mass is 19.4. The summed E-state index contributed by atoms with van der Waals surface area (Å²) in [6.07, 6.45) is 0.465. The quantitative estimate of drug-likeness (QED) is 0.202. The van der Waals surface area contributed by atoms with Crippen LogP contribution in [0, 0.1) is 11.8 Å². The van der Waals surface area contributed by atoms with E-state index in [0.717, 1.165) is 37.8 Å². The van der Waals surface area contributed by atoms with Crippen LogP contribution in [0.15, 0.2) is 35.6 Å². The maximum Gasteiger partial charge on any atom is 0.416 e. The number of alkyl halides is 3. The van der Waals surface area contributed by atoms with Crippen LogP contribution in [0.4, 0.5) is 13.2 Å². The van der Waals surface area contributed by atoms with E-state index < -0.39 is 29.9 Å². The number of aliphatic hydroxyl groups is 3. The van der Waals surface area contributed by atoms with Crippen molar-refractivity contribution in [1.82, 2.24) is 0 Å². The highest BCUT2D eigenvalue weighted by molar-refractivity contribution is 5.66. The second kappa shape index (κ2) is 13.1. The summed E-state index contributed by atoms with van der Waals surface area (Å²) in [5.74, 6) is -0.805. The Bertz CT molecular complexity index is 821. The molecule has 0 saturated heterocycles. The van der Waals surface area contributed by atoms with E-state index >= 15 is 0 Å². The fourth-order valence-corrected chi connectivity index (χ4v) is 4.89. The number of allylic oxidation sites excluding steroid dienone is 2. The maximum absolute atomic E-state index is 12.9. The number of unbranched alkanes of at least 4 members (excludes halogenated alkanes) is 3. The fraction of sp³-hybridized carbons (Fsp3) is 0.654. The Hall–Kier alpha value is -2.06. The van der Waals surface area contributed by atoms with Crippen LogP contribution < -0.4 is 0 Å². The molecule has 0 heterocycles. The Morgan fingerprint density at radius 1 is 0.941 bits per heavy atom. The van der Waals surface area contributed by atoms with E-state index in [1.807, 2.05) is 0 Å². The second-order valence-electron chi connectivity index (χ2n) is 9.51. The molecule has 1 aromatic rings. The predicted molar refractivity (Wildman–Crippen MR) is 123 cm³/mol. The standard InChI is InChI=1S/C26H37F3O5/c1-17(11-12-18-7-6-8-19(15-18)26(27,28)29)22(30)14-13-21-20(23(31)16-24(21)32)9-4-2-3-5-10-25(33)34/h6-8,15,20-21,23-24,30-32H,2-5,9-14,16H2,1H3,(H,33,34)/b22-17+/t20-,21-,23+,24-/m1/s1. The van der Waals surface area contributed by atoms with Crippen LogP contribution in [0.1, 0.15) is 82.3 Å². The minimum absolute atomic E-state index is 0.0623. The SMILES string of the molecule is C/C(CCc1cccc(C(F)(F)F)c1)=C(\O)CC[C@@H]1[C@@H](CCCCCCC(=O)O)[C@@H](O)C[C@H]1O. The van der Waals surface area contributed by atoms with Crippen LogP contribution in [0.25, 0.3) is 0 Å². The van der Waals surface area contributed by atoms with E-state index in [-0.39, 0.29) is 24.0 Å². The second-order valence-corrected chi connectivity index (χ2v) is 9.51. The Kier molecular flexibility index (Phi) is 10.9. The van der Waals surface area contributed by atoms with Crippen LogP contribution in [-0.2, 0) is 17.4 Å². The van der Waals surface area contributed by atoms with Crippen molar-refractivity contribution in [3.8, 4) is 0 Å². The molecule has 4 N–H and O–H groups in total. The average Bonchev–Trinajstić information content (AvgIpc) is 3.04. The van der Waals surface area contributed by atoms with Gasteiger partial charge in [-0.15, -0.1) is 0 Å². The van der Waals surface area contributed by atoms with Gasteiger partial charge >= 0.3 is 12.1 Å². The zero-order valence-corrected chi connectivity index (χ0v) is 19.7. The van der Waals surface area contributed by atoms with Crippen LogP contribution in [0.2, 0.25) is 0 Å². The summed E-state index contributed by atoms with van der Waals surface area (Å²) in [5.41, 5.74) is 0.581. The number of rotatable bonds is 13. The van der Waals surface area contributed by atoms with Gasteiger partial charge in [-0.1, -0.05) is 37.5 Å². The number of hydrogen-bond donors (Lipinski definition) is 4. The number of hydrogen-bond acceptors (Lipinski definition) is 4. The molecule has 0 aliphatic heterocycles. The van der Waals surface area contributed by atoms with Crippen molar-refractivity contribution in [1.29, 1.82) is 0 Å². The molecule has 0 amide bonds. The minimum atomic E-state index is -4.38. The highest BCUT2D eigenvalue weighted by Crippen LogP contribution is 2.39. The Balaban J connectivity index is 1.84. The third-order valence-electron chi connectivity index (χ3n) is 6.95. The van der Waals surface area contributed by atoms with Crippen LogP contribution in [-0.4, -0.2) is 38.6 Å². The number of aliphatic hydroxyl groups excluding tert-OH is 3. The van der Waals surface area contributed by atoms with Gasteiger partial charge in [-0.3, -0.25) is 4.79 Å². The number of aliphatic carboxylic acids is 1. The molecule has 4 atom stereocenters. The van der Waals surface area contributed by atoms with E-state index in [4.69, 9.17) is 5.11 Å². The summed E-state index contributed by atoms with van der Waals surface area (Å²) in [6.45, 7) is 1.76. The predicted octanol–water partition coefficient (Wildman–Crippen LogP) is 6.03. The van der Waals surface area contributed by atoms with Gasteiger partial charge in [-0.05, 0) is 74.5 Å². The number of halogens is 3. The topological polar surface area (TPSA) is 98.0 Å². The maximum atomic E-state index is 12.9. The van der Waals surface area contributed by atoms with E-state index in [0.29, 0.717) is 49.7 Å². The number of carbonyl (C=O) groups is 1. The van der Waals surface area contributed by atoms with Crippen LogP contribution >= 0.6 is 0 Å². The Morgan fingerprint density at radius 3 is 2.24 bits per heavy atom. The monoisotopic (exact) mass is 486 g/mol. The molecule has 0 aromatic heterocycles. The van der Waals surface area contributed by atoms with Crippen molar-refractivity contribution < 1.29 is 38.4 Å². The van der Waals surface area contributed by atoms with Gasteiger partial charge in [0.2, 0.25) is 0 Å². The fourth-order valence-electron chi connectivity index (χ4n) is 4.89. The molecule has 0 bridgehead atoms. The molecule has 1 aliphatic carbocycles. The molecule has 1 aromatic carbocycles. The van der Waals surface area contributed by atoms with Gasteiger partial charge < -0.3 is 20.4 Å². The van der Waals surface area contributed by atoms with Crippen molar-refractivity contribution in [3.05, 3.63) is 46.7 Å². The zero-order chi connectivity index (χ0) is 25.3. The molecular weight excluding hydrogens is 449 g/mol. The lowest BCUT2D eigenvalue weighted by Gasteiger charge is -2.23. The van der Waals surface area contributed by atoms with Gasteiger partial charge in [0.25, 0.3) is 0 Å². The van der Waals surface area contributed by atoms with Gasteiger partial charge in [0.05, 0.1) is 23.5 Å². The minimum Gasteiger partial charge on any atom is -0.512 e. The molecule has 192 valence electrons. The molecular formula is C26H37F3O5. The summed E-state index contributed by atoms with van der Waals surface area (Å²) >= 11 is 0. The smallest absolute Gasteiger partial charge is 0.416 e. The summed E-state index contributed by atoms with van der Waals surface area (Å²) in [4.78, 5) is 10.6. The average molecular weight is 487 g/mol. The summed E-state index contributed by atoms with van der Waals surface area (Å²) in [5, 5.41) is 40.0. The molecule has 8 heteroatoms. The molecule has 5 nitrogen and oxygen atoms in total. The van der Waals surface area contributed by atoms with Crippen molar-refractivity contribution in [3.63, 3.8) is 0 Å². The van der Waals surface area contributed by atoms with E-state index in [1.165, 1.54) is 6.07 Å². The first-order valence-corrected chi connectivity index (χ1v) is 12.1. The van der Waals surface area contributed by atoms with Crippen molar-refractivity contribution >= 4 is 5.97 Å². The first-order valence-electron chi connectivity index (χ1n) is 12.1. The molecule has 2 rings (SSSR count). The molecule has 0 spiro atoms. The number of benzene rings is 1. The van der Waals surface area contributed by atoms with Gasteiger partial charge in [0.1, 0.15) is 0 Å². The third kappa shape index (κ3) is 8.95. The molecule has 1 aliphatic rings. The molecule has 34 heavy (non-hydrogen) atoms. The molecule has 0 unspecified atom stereocenters. The summed E-state index contributed by atoms with van der Waals surface area (Å²) < 4.78 is 38.7. The lowest BCUT2D eigenvalue weighted by molar-refractivity contribution is -0.138. The Morgan fingerprint density at radius 2 is 1.59 bits per heavy atom. The van der Waals surface area contributed by atoms with Gasteiger partial charge in [0.15, 0.2) is 0 Å². The first kappa shape index (κ1) is 28.2.